The molecule has 0 radical (unpaired) electrons. The molecule has 0 bridgehead atoms. The fourth-order valence-corrected chi connectivity index (χ4v) is 3.60. The van der Waals surface area contributed by atoms with Gasteiger partial charge in [-0.05, 0) is 29.8 Å². The predicted octanol–water partition coefficient (Wildman–Crippen LogP) is 2.97. The zero-order chi connectivity index (χ0) is 13.8. The molecule has 0 aliphatic heterocycles. The lowest BCUT2D eigenvalue weighted by Gasteiger charge is -2.23. The van der Waals surface area contributed by atoms with Gasteiger partial charge >= 0.3 is 0 Å². The van der Waals surface area contributed by atoms with Gasteiger partial charge in [0.15, 0.2) is 0 Å². The second kappa shape index (κ2) is 6.32. The molecule has 0 saturated heterocycles. The quantitative estimate of drug-likeness (QED) is 0.919. The molecule has 0 saturated carbocycles. The third-order valence-corrected chi connectivity index (χ3v) is 4.76. The molecule has 3 nitrogen and oxygen atoms in total. The molecule has 2 aromatic rings. The molecule has 19 heavy (non-hydrogen) atoms. The highest BCUT2D eigenvalue weighted by atomic mass is 32.1. The first kappa shape index (κ1) is 14.2. The highest BCUT2D eigenvalue weighted by molar-refractivity contribution is 7.11. The third-order valence-electron chi connectivity index (χ3n) is 2.88. The lowest BCUT2D eigenvalue weighted by atomic mass is 10.1. The maximum absolute atomic E-state index is 12.0. The number of rotatable bonds is 5. The number of hydrogen-bond donors (Lipinski definition) is 1. The molecule has 2 aromatic heterocycles. The van der Waals surface area contributed by atoms with Crippen LogP contribution in [0.4, 0.5) is 0 Å². The van der Waals surface area contributed by atoms with Crippen molar-refractivity contribution in [2.24, 2.45) is 0 Å². The van der Waals surface area contributed by atoms with Gasteiger partial charge in [0.05, 0.1) is 12.1 Å². The predicted molar refractivity (Wildman–Crippen MR) is 81.8 cm³/mol. The molecule has 1 amide bonds. The van der Waals surface area contributed by atoms with E-state index >= 15 is 0 Å². The van der Waals surface area contributed by atoms with Crippen LogP contribution >= 0.6 is 22.7 Å². The van der Waals surface area contributed by atoms with Crippen LogP contribution in [0, 0.1) is 0 Å². The summed E-state index contributed by atoms with van der Waals surface area (Å²) in [6.07, 6.45) is 0. The van der Waals surface area contributed by atoms with Gasteiger partial charge in [0.2, 0.25) is 5.91 Å². The van der Waals surface area contributed by atoms with Crippen LogP contribution < -0.4 is 5.32 Å². The Morgan fingerprint density at radius 2 is 1.68 bits per heavy atom. The van der Waals surface area contributed by atoms with E-state index in [2.05, 4.69) is 28.2 Å². The Kier molecular flexibility index (Phi) is 4.74. The fraction of sp³-hybridized carbons (Fsp3) is 0.357. The average molecular weight is 294 g/mol. The zero-order valence-corrected chi connectivity index (χ0v) is 12.9. The van der Waals surface area contributed by atoms with Gasteiger partial charge in [0, 0.05) is 23.8 Å². The van der Waals surface area contributed by atoms with E-state index in [-0.39, 0.29) is 18.0 Å². The minimum absolute atomic E-state index is 0.0955. The van der Waals surface area contributed by atoms with Crippen LogP contribution in [-0.4, -0.2) is 30.9 Å². The number of nitrogens with one attached hydrogen (secondary N) is 1. The molecule has 2 rings (SSSR count). The van der Waals surface area contributed by atoms with Gasteiger partial charge < -0.3 is 4.90 Å². The van der Waals surface area contributed by atoms with Crippen molar-refractivity contribution in [3.63, 3.8) is 0 Å². The third kappa shape index (κ3) is 3.43. The van der Waals surface area contributed by atoms with E-state index in [1.165, 1.54) is 9.75 Å². The van der Waals surface area contributed by atoms with E-state index in [0.717, 1.165) is 0 Å². The second-order valence-corrected chi connectivity index (χ2v) is 6.54. The number of nitrogens with zero attached hydrogens (tertiary/aromatic N) is 1. The van der Waals surface area contributed by atoms with Crippen LogP contribution in [0.3, 0.4) is 0 Å². The van der Waals surface area contributed by atoms with Crippen molar-refractivity contribution in [2.45, 2.75) is 19.0 Å². The van der Waals surface area contributed by atoms with Crippen molar-refractivity contribution in [3.05, 3.63) is 44.8 Å². The van der Waals surface area contributed by atoms with Gasteiger partial charge in [-0.3, -0.25) is 10.1 Å². The number of likely N-dealkylation sites (N-methyl/N-ethyl adjacent to an activating group) is 1. The summed E-state index contributed by atoms with van der Waals surface area (Å²) >= 11 is 3.42. The lowest BCUT2D eigenvalue weighted by molar-refractivity contribution is -0.130. The Labute approximate surface area is 121 Å². The Hall–Kier alpha value is -1.17. The van der Waals surface area contributed by atoms with Crippen LogP contribution in [0.1, 0.15) is 22.7 Å². The maximum Gasteiger partial charge on any atom is 0.238 e. The molecule has 2 heterocycles. The Balaban J connectivity index is 2.18. The standard InChI is InChI=1S/C14H18N2OS2/c1-10(14(17)16(2)3)15-13(11-6-4-8-18-11)12-7-5-9-19-12/h4-10,13,15H,1-3H3. The summed E-state index contributed by atoms with van der Waals surface area (Å²) < 4.78 is 0. The topological polar surface area (TPSA) is 32.3 Å². The summed E-state index contributed by atoms with van der Waals surface area (Å²) in [5.41, 5.74) is 0. The molecule has 1 unspecified atom stereocenters. The van der Waals surface area contributed by atoms with Crippen molar-refractivity contribution in [2.75, 3.05) is 14.1 Å². The van der Waals surface area contributed by atoms with Crippen molar-refractivity contribution in [1.82, 2.24) is 10.2 Å². The fourth-order valence-electron chi connectivity index (χ4n) is 1.92. The van der Waals surface area contributed by atoms with Crippen LogP contribution in [0.5, 0.6) is 0 Å². The highest BCUT2D eigenvalue weighted by Gasteiger charge is 2.22. The number of carbonyl (C=O) groups is 1. The Morgan fingerprint density at radius 3 is 2.05 bits per heavy atom. The maximum atomic E-state index is 12.0. The van der Waals surface area contributed by atoms with Crippen molar-refractivity contribution < 1.29 is 4.79 Å². The van der Waals surface area contributed by atoms with Gasteiger partial charge in [0.1, 0.15) is 0 Å². The first-order valence-corrected chi connectivity index (χ1v) is 7.89. The lowest BCUT2D eigenvalue weighted by Crippen LogP contribution is -2.43. The summed E-state index contributed by atoms with van der Waals surface area (Å²) in [5.74, 6) is 0.0955. The van der Waals surface area contributed by atoms with Crippen LogP contribution in [-0.2, 0) is 4.79 Å². The SMILES string of the molecule is CC(NC(c1cccs1)c1cccs1)C(=O)N(C)C. The van der Waals surface area contributed by atoms with E-state index in [9.17, 15) is 4.79 Å². The molecule has 0 aliphatic carbocycles. The second-order valence-electron chi connectivity index (χ2n) is 4.58. The molecule has 0 spiro atoms. The largest absolute Gasteiger partial charge is 0.347 e. The van der Waals surface area contributed by atoms with E-state index in [4.69, 9.17) is 0 Å². The van der Waals surface area contributed by atoms with Crippen molar-refractivity contribution in [1.29, 1.82) is 0 Å². The Morgan fingerprint density at radius 1 is 1.16 bits per heavy atom. The molecule has 102 valence electrons. The average Bonchev–Trinajstić information content (AvgIpc) is 3.07. The van der Waals surface area contributed by atoms with Crippen molar-refractivity contribution >= 4 is 28.6 Å². The van der Waals surface area contributed by atoms with Gasteiger partial charge in [-0.2, -0.15) is 0 Å². The van der Waals surface area contributed by atoms with E-state index in [1.54, 1.807) is 41.7 Å². The molecular weight excluding hydrogens is 276 g/mol. The first-order chi connectivity index (χ1) is 9.09. The van der Waals surface area contributed by atoms with Gasteiger partial charge in [-0.25, -0.2) is 0 Å². The molecule has 5 heteroatoms. The highest BCUT2D eigenvalue weighted by Crippen LogP contribution is 2.29. The molecule has 1 N–H and O–H groups in total. The monoisotopic (exact) mass is 294 g/mol. The molecule has 0 aromatic carbocycles. The number of carbonyl (C=O) groups excluding carboxylic acids is 1. The molecule has 0 fully saturated rings. The summed E-state index contributed by atoms with van der Waals surface area (Å²) in [4.78, 5) is 16.1. The first-order valence-electron chi connectivity index (χ1n) is 6.13. The van der Waals surface area contributed by atoms with E-state index < -0.39 is 0 Å². The molecule has 0 aliphatic rings. The molecular formula is C14H18N2OS2. The number of thiophene rings is 2. The van der Waals surface area contributed by atoms with Crippen molar-refractivity contribution in [3.8, 4) is 0 Å². The van der Waals surface area contributed by atoms with Crippen LogP contribution in [0.15, 0.2) is 35.0 Å². The smallest absolute Gasteiger partial charge is 0.238 e. The number of amides is 1. The van der Waals surface area contributed by atoms with Crippen LogP contribution in [0.2, 0.25) is 0 Å². The molecule has 1 atom stereocenters. The van der Waals surface area contributed by atoms with E-state index in [0.29, 0.717) is 0 Å². The normalized spacial score (nSPS) is 12.6. The minimum Gasteiger partial charge on any atom is -0.347 e. The van der Waals surface area contributed by atoms with Gasteiger partial charge in [-0.15, -0.1) is 22.7 Å². The Bertz CT molecular complexity index is 471. The van der Waals surface area contributed by atoms with Gasteiger partial charge in [-0.1, -0.05) is 12.1 Å². The summed E-state index contributed by atoms with van der Waals surface area (Å²) in [5, 5.41) is 7.56. The van der Waals surface area contributed by atoms with Gasteiger partial charge in [0.25, 0.3) is 0 Å². The van der Waals surface area contributed by atoms with Crippen LogP contribution in [0.25, 0.3) is 0 Å². The minimum atomic E-state index is -0.204. The van der Waals surface area contributed by atoms with E-state index in [1.807, 2.05) is 19.1 Å². The zero-order valence-electron chi connectivity index (χ0n) is 11.3. The number of hydrogen-bond acceptors (Lipinski definition) is 4. The summed E-state index contributed by atoms with van der Waals surface area (Å²) in [6, 6.07) is 8.19. The summed E-state index contributed by atoms with van der Waals surface area (Å²) in [7, 11) is 3.57. The summed E-state index contributed by atoms with van der Waals surface area (Å²) in [6.45, 7) is 1.91.